The van der Waals surface area contributed by atoms with Crippen LogP contribution in [0.4, 0.5) is 0 Å². The molecule has 4 nitrogen and oxygen atoms in total. The summed E-state index contributed by atoms with van der Waals surface area (Å²) in [5.74, 6) is -0.309. The van der Waals surface area contributed by atoms with Crippen LogP contribution in [0.25, 0.3) is 0 Å². The monoisotopic (exact) mass is 212 g/mol. The van der Waals surface area contributed by atoms with Gasteiger partial charge in [0.1, 0.15) is 6.04 Å². The number of rotatable bonds is 3. The molecule has 0 spiro atoms. The minimum Gasteiger partial charge on any atom is -0.480 e. The first kappa shape index (κ1) is 10.9. The molecular weight excluding hydrogens is 192 g/mol. The van der Waals surface area contributed by atoms with E-state index in [9.17, 15) is 9.90 Å². The van der Waals surface area contributed by atoms with Crippen molar-refractivity contribution in [3.8, 4) is 0 Å². The predicted molar refractivity (Wildman–Crippen MR) is 57.8 cm³/mol. The number of carbonyl (C=O) groups is 1. The zero-order valence-corrected chi connectivity index (χ0v) is 9.35. The molecular formula is C11H20N2O2. The number of hydrogen-bond acceptors (Lipinski definition) is 3. The van der Waals surface area contributed by atoms with Crippen molar-refractivity contribution in [2.24, 2.45) is 5.92 Å². The molecule has 2 unspecified atom stereocenters. The Kier molecular flexibility index (Phi) is 3.26. The smallest absolute Gasteiger partial charge is 0.321 e. The van der Waals surface area contributed by atoms with Crippen LogP contribution >= 0.6 is 0 Å². The number of hydrogen-bond donors (Lipinski definition) is 1. The second-order valence-corrected chi connectivity index (χ2v) is 4.84. The summed E-state index contributed by atoms with van der Waals surface area (Å²) < 4.78 is 0. The van der Waals surface area contributed by atoms with E-state index in [1.165, 1.54) is 0 Å². The average Bonchev–Trinajstić information content (AvgIpc) is 2.10. The van der Waals surface area contributed by atoms with Gasteiger partial charge in [-0.3, -0.25) is 9.69 Å². The maximum atomic E-state index is 11.3. The van der Waals surface area contributed by atoms with Gasteiger partial charge in [0.25, 0.3) is 0 Å². The van der Waals surface area contributed by atoms with Crippen molar-refractivity contribution in [2.45, 2.75) is 25.3 Å². The fourth-order valence-corrected chi connectivity index (χ4v) is 2.74. The molecule has 2 saturated heterocycles. The molecule has 0 aliphatic carbocycles. The molecule has 1 N–H and O–H groups in total. The first-order valence-corrected chi connectivity index (χ1v) is 5.84. The first-order valence-electron chi connectivity index (χ1n) is 5.84. The van der Waals surface area contributed by atoms with Gasteiger partial charge in [0.2, 0.25) is 0 Å². The molecule has 2 rings (SSSR count). The minimum atomic E-state index is -0.630. The van der Waals surface area contributed by atoms with Crippen molar-refractivity contribution in [1.29, 1.82) is 0 Å². The molecule has 86 valence electrons. The number of carboxylic acids is 1. The summed E-state index contributed by atoms with van der Waals surface area (Å²) in [5.41, 5.74) is 0. The Morgan fingerprint density at radius 2 is 2.07 bits per heavy atom. The second kappa shape index (κ2) is 4.49. The van der Waals surface area contributed by atoms with Gasteiger partial charge >= 0.3 is 5.97 Å². The Bertz CT molecular complexity index is 241. The van der Waals surface area contributed by atoms with Gasteiger partial charge in [-0.25, -0.2) is 0 Å². The van der Waals surface area contributed by atoms with Crippen LogP contribution in [-0.4, -0.2) is 60.1 Å². The van der Waals surface area contributed by atoms with Crippen molar-refractivity contribution in [3.05, 3.63) is 0 Å². The van der Waals surface area contributed by atoms with E-state index in [0.717, 1.165) is 45.4 Å². The maximum Gasteiger partial charge on any atom is 0.321 e. The van der Waals surface area contributed by atoms with Gasteiger partial charge in [-0.05, 0) is 38.8 Å². The Hall–Kier alpha value is -0.610. The number of nitrogens with zero attached hydrogens (tertiary/aromatic N) is 2. The molecule has 0 saturated carbocycles. The van der Waals surface area contributed by atoms with Crippen LogP contribution in [0.3, 0.4) is 0 Å². The number of likely N-dealkylation sites (tertiary alicyclic amines) is 2. The largest absolute Gasteiger partial charge is 0.480 e. The van der Waals surface area contributed by atoms with Crippen LogP contribution in [0.1, 0.15) is 19.3 Å². The fourth-order valence-electron chi connectivity index (χ4n) is 2.74. The summed E-state index contributed by atoms with van der Waals surface area (Å²) >= 11 is 0. The summed E-state index contributed by atoms with van der Waals surface area (Å²) in [5, 5.41) is 9.29. The van der Waals surface area contributed by atoms with Crippen molar-refractivity contribution in [2.75, 3.05) is 33.2 Å². The Morgan fingerprint density at radius 1 is 1.33 bits per heavy atom. The highest BCUT2D eigenvalue weighted by molar-refractivity contribution is 5.74. The molecule has 0 aromatic rings. The minimum absolute atomic E-state index is 0.235. The molecule has 0 aromatic heterocycles. The van der Waals surface area contributed by atoms with Crippen LogP contribution in [0.2, 0.25) is 0 Å². The van der Waals surface area contributed by atoms with Gasteiger partial charge in [-0.2, -0.15) is 0 Å². The van der Waals surface area contributed by atoms with Crippen LogP contribution < -0.4 is 0 Å². The normalized spacial score (nSPS) is 30.9. The highest BCUT2D eigenvalue weighted by atomic mass is 16.4. The van der Waals surface area contributed by atoms with Crippen LogP contribution in [-0.2, 0) is 4.79 Å². The third-order valence-corrected chi connectivity index (χ3v) is 3.64. The Labute approximate surface area is 90.9 Å². The summed E-state index contributed by atoms with van der Waals surface area (Å²) in [4.78, 5) is 15.7. The summed E-state index contributed by atoms with van der Waals surface area (Å²) in [6.07, 6.45) is 3.36. The maximum absolute atomic E-state index is 11.3. The highest BCUT2D eigenvalue weighted by Gasteiger charge is 2.37. The zero-order valence-electron chi connectivity index (χ0n) is 9.35. The van der Waals surface area contributed by atoms with Gasteiger partial charge in [-0.1, -0.05) is 0 Å². The van der Waals surface area contributed by atoms with Gasteiger partial charge in [0.15, 0.2) is 0 Å². The van der Waals surface area contributed by atoms with Gasteiger partial charge in [-0.15, -0.1) is 0 Å². The average molecular weight is 212 g/mol. The summed E-state index contributed by atoms with van der Waals surface area (Å²) in [6, 6.07) is -0.235. The van der Waals surface area contributed by atoms with Gasteiger partial charge in [0.05, 0.1) is 0 Å². The second-order valence-electron chi connectivity index (χ2n) is 4.84. The van der Waals surface area contributed by atoms with E-state index in [1.807, 2.05) is 0 Å². The molecule has 2 heterocycles. The lowest BCUT2D eigenvalue weighted by Gasteiger charge is -2.42. The van der Waals surface area contributed by atoms with Crippen molar-refractivity contribution in [1.82, 2.24) is 9.80 Å². The molecule has 2 aliphatic heterocycles. The molecule has 0 amide bonds. The number of aliphatic carboxylic acids is 1. The predicted octanol–water partition coefficient (Wildman–Crippen LogP) is 0.487. The molecule has 2 fully saturated rings. The van der Waals surface area contributed by atoms with E-state index < -0.39 is 5.97 Å². The number of carboxylic acid groups (broad SMARTS) is 1. The third kappa shape index (κ3) is 2.32. The molecule has 2 atom stereocenters. The molecule has 0 bridgehead atoms. The van der Waals surface area contributed by atoms with E-state index in [-0.39, 0.29) is 6.04 Å². The van der Waals surface area contributed by atoms with E-state index in [4.69, 9.17) is 0 Å². The van der Waals surface area contributed by atoms with E-state index in [0.29, 0.717) is 5.92 Å². The fraction of sp³-hybridized carbons (Fsp3) is 0.909. The lowest BCUT2D eigenvalue weighted by atomic mass is 9.88. The van der Waals surface area contributed by atoms with Crippen molar-refractivity contribution in [3.63, 3.8) is 0 Å². The Morgan fingerprint density at radius 3 is 2.53 bits per heavy atom. The van der Waals surface area contributed by atoms with E-state index >= 15 is 0 Å². The Balaban J connectivity index is 1.99. The summed E-state index contributed by atoms with van der Waals surface area (Å²) in [6.45, 7) is 3.99. The van der Waals surface area contributed by atoms with Crippen molar-refractivity contribution >= 4 is 5.97 Å². The molecule has 0 aromatic carbocycles. The highest BCUT2D eigenvalue weighted by Crippen LogP contribution is 2.25. The lowest BCUT2D eigenvalue weighted by Crippen LogP contribution is -2.55. The quantitative estimate of drug-likeness (QED) is 0.739. The standard InChI is InChI=1S/C11H20N2O2/c1-12-5-2-4-9(8-12)10(11(14)15)13-6-3-7-13/h9-10H,2-8H2,1H3,(H,14,15). The number of piperidine rings is 1. The molecule has 2 aliphatic rings. The van der Waals surface area contributed by atoms with Crippen LogP contribution in [0.5, 0.6) is 0 Å². The summed E-state index contributed by atoms with van der Waals surface area (Å²) in [7, 11) is 2.08. The molecule has 4 heteroatoms. The zero-order chi connectivity index (χ0) is 10.8. The SMILES string of the molecule is CN1CCCC(C(C(=O)O)N2CCC2)C1. The third-order valence-electron chi connectivity index (χ3n) is 3.64. The van der Waals surface area contributed by atoms with Gasteiger partial charge in [0, 0.05) is 19.6 Å². The van der Waals surface area contributed by atoms with E-state index in [1.54, 1.807) is 0 Å². The van der Waals surface area contributed by atoms with Crippen molar-refractivity contribution < 1.29 is 9.90 Å². The van der Waals surface area contributed by atoms with Gasteiger partial charge < -0.3 is 10.0 Å². The lowest BCUT2D eigenvalue weighted by molar-refractivity contribution is -0.148. The molecule has 0 radical (unpaired) electrons. The van der Waals surface area contributed by atoms with Crippen LogP contribution in [0, 0.1) is 5.92 Å². The van der Waals surface area contributed by atoms with E-state index in [2.05, 4.69) is 16.8 Å². The molecule has 15 heavy (non-hydrogen) atoms. The van der Waals surface area contributed by atoms with Crippen LogP contribution in [0.15, 0.2) is 0 Å². The topological polar surface area (TPSA) is 43.8 Å². The first-order chi connectivity index (χ1) is 7.18.